The van der Waals surface area contributed by atoms with Crippen molar-refractivity contribution in [3.05, 3.63) is 23.9 Å². The molecule has 0 radical (unpaired) electrons. The third-order valence-corrected chi connectivity index (χ3v) is 3.99. The van der Waals surface area contributed by atoms with Crippen LogP contribution in [0.2, 0.25) is 0 Å². The topological polar surface area (TPSA) is 69.7 Å². The normalized spacial score (nSPS) is 16.4. The Kier molecular flexibility index (Phi) is 4.15. The van der Waals surface area contributed by atoms with E-state index in [2.05, 4.69) is 30.4 Å². The number of pyridine rings is 1. The molecule has 1 saturated heterocycles. The fraction of sp³-hybridized carbons (Fsp3) is 0.533. The summed E-state index contributed by atoms with van der Waals surface area (Å²) in [6, 6.07) is 5.92. The molecule has 0 aliphatic carbocycles. The molecular weight excluding hydrogens is 264 g/mol. The zero-order valence-electron chi connectivity index (χ0n) is 12.6. The van der Waals surface area contributed by atoms with Gasteiger partial charge in [0, 0.05) is 18.8 Å². The zero-order chi connectivity index (χ0) is 14.7. The summed E-state index contributed by atoms with van der Waals surface area (Å²) in [7, 11) is 2.02. The average Bonchev–Trinajstić information content (AvgIpc) is 2.98. The van der Waals surface area contributed by atoms with Crippen molar-refractivity contribution < 1.29 is 0 Å². The van der Waals surface area contributed by atoms with Gasteiger partial charge in [-0.05, 0) is 51.4 Å². The monoisotopic (exact) mass is 286 g/mol. The first kappa shape index (κ1) is 14.0. The molecular formula is C15H22N6. The number of aromatic nitrogens is 4. The van der Waals surface area contributed by atoms with Gasteiger partial charge in [0.25, 0.3) is 0 Å². The number of hydrogen-bond donors (Lipinski definition) is 2. The van der Waals surface area contributed by atoms with Crippen molar-refractivity contribution in [2.24, 2.45) is 5.92 Å². The molecule has 0 amide bonds. The molecule has 2 aromatic heterocycles. The van der Waals surface area contributed by atoms with Crippen LogP contribution in [0.3, 0.4) is 0 Å². The number of anilines is 1. The standard InChI is InChI=1S/C15H22N6/c1-11-4-3-5-13(17-11)14-18-15(20-19-14)21-8-6-12(7-9-21)10-16-2/h3-5,12,16H,6-10H2,1-2H3,(H,18,19,20). The molecule has 2 aromatic rings. The van der Waals surface area contributed by atoms with Crippen LogP contribution < -0.4 is 10.2 Å². The summed E-state index contributed by atoms with van der Waals surface area (Å²) in [4.78, 5) is 11.3. The number of aromatic amines is 1. The first-order valence-electron chi connectivity index (χ1n) is 7.52. The van der Waals surface area contributed by atoms with Gasteiger partial charge in [-0.25, -0.2) is 4.98 Å². The maximum absolute atomic E-state index is 4.60. The van der Waals surface area contributed by atoms with Crippen LogP contribution in [-0.2, 0) is 0 Å². The van der Waals surface area contributed by atoms with Crippen LogP contribution in [0, 0.1) is 12.8 Å². The molecule has 21 heavy (non-hydrogen) atoms. The molecule has 0 bridgehead atoms. The van der Waals surface area contributed by atoms with Crippen molar-refractivity contribution in [3.63, 3.8) is 0 Å². The van der Waals surface area contributed by atoms with E-state index in [9.17, 15) is 0 Å². The molecule has 2 N–H and O–H groups in total. The minimum Gasteiger partial charge on any atom is -0.340 e. The van der Waals surface area contributed by atoms with Crippen molar-refractivity contribution in [3.8, 4) is 11.5 Å². The van der Waals surface area contributed by atoms with Gasteiger partial charge in [-0.15, -0.1) is 5.10 Å². The second-order valence-corrected chi connectivity index (χ2v) is 5.64. The van der Waals surface area contributed by atoms with E-state index in [1.165, 1.54) is 12.8 Å². The Balaban J connectivity index is 1.68. The number of hydrogen-bond acceptors (Lipinski definition) is 5. The third-order valence-electron chi connectivity index (χ3n) is 3.99. The first-order valence-corrected chi connectivity index (χ1v) is 7.52. The summed E-state index contributed by atoms with van der Waals surface area (Å²) < 4.78 is 0. The van der Waals surface area contributed by atoms with Gasteiger partial charge >= 0.3 is 0 Å². The lowest BCUT2D eigenvalue weighted by Crippen LogP contribution is -2.37. The third kappa shape index (κ3) is 3.21. The van der Waals surface area contributed by atoms with E-state index in [1.54, 1.807) is 0 Å². The molecule has 0 saturated carbocycles. The van der Waals surface area contributed by atoms with Crippen LogP contribution in [0.25, 0.3) is 11.5 Å². The van der Waals surface area contributed by atoms with Crippen LogP contribution in [0.4, 0.5) is 5.95 Å². The summed E-state index contributed by atoms with van der Waals surface area (Å²) in [5.41, 5.74) is 1.83. The largest absolute Gasteiger partial charge is 0.340 e. The number of nitrogens with zero attached hydrogens (tertiary/aromatic N) is 4. The minimum atomic E-state index is 0.742. The van der Waals surface area contributed by atoms with Crippen LogP contribution in [0.5, 0.6) is 0 Å². The predicted molar refractivity (Wildman–Crippen MR) is 83.2 cm³/mol. The van der Waals surface area contributed by atoms with Crippen LogP contribution in [0.15, 0.2) is 18.2 Å². The Hall–Kier alpha value is -1.95. The van der Waals surface area contributed by atoms with E-state index < -0.39 is 0 Å². The molecule has 112 valence electrons. The average molecular weight is 286 g/mol. The fourth-order valence-corrected chi connectivity index (χ4v) is 2.81. The van der Waals surface area contributed by atoms with Gasteiger partial charge in [0.1, 0.15) is 5.69 Å². The van der Waals surface area contributed by atoms with Gasteiger partial charge in [0.2, 0.25) is 5.95 Å². The molecule has 6 nitrogen and oxygen atoms in total. The Morgan fingerprint density at radius 3 is 2.81 bits per heavy atom. The Bertz CT molecular complexity index is 585. The van der Waals surface area contributed by atoms with Crippen LogP contribution >= 0.6 is 0 Å². The van der Waals surface area contributed by atoms with E-state index >= 15 is 0 Å². The first-order chi connectivity index (χ1) is 10.3. The van der Waals surface area contributed by atoms with Crippen molar-refractivity contribution >= 4 is 5.95 Å². The molecule has 0 unspecified atom stereocenters. The van der Waals surface area contributed by atoms with Crippen LogP contribution in [0.1, 0.15) is 18.5 Å². The van der Waals surface area contributed by atoms with Gasteiger partial charge in [-0.1, -0.05) is 6.07 Å². The number of rotatable bonds is 4. The van der Waals surface area contributed by atoms with E-state index in [0.717, 1.165) is 48.7 Å². The number of nitrogens with one attached hydrogen (secondary N) is 2. The molecule has 1 aliphatic rings. The van der Waals surface area contributed by atoms with Gasteiger partial charge in [0.05, 0.1) is 0 Å². The molecule has 3 rings (SSSR count). The maximum atomic E-state index is 4.60. The van der Waals surface area contributed by atoms with Gasteiger partial charge in [-0.3, -0.25) is 5.10 Å². The lowest BCUT2D eigenvalue weighted by molar-refractivity contribution is 0.391. The second kappa shape index (κ2) is 6.22. The van der Waals surface area contributed by atoms with E-state index in [0.29, 0.717) is 0 Å². The summed E-state index contributed by atoms with van der Waals surface area (Å²) in [5.74, 6) is 2.30. The number of aryl methyl sites for hydroxylation is 1. The Morgan fingerprint density at radius 2 is 2.10 bits per heavy atom. The number of piperidine rings is 1. The van der Waals surface area contributed by atoms with Crippen molar-refractivity contribution in [2.75, 3.05) is 31.6 Å². The summed E-state index contributed by atoms with van der Waals surface area (Å²) in [5, 5.41) is 10.6. The Labute approximate surface area is 125 Å². The van der Waals surface area contributed by atoms with E-state index in [4.69, 9.17) is 0 Å². The smallest absolute Gasteiger partial charge is 0.245 e. The highest BCUT2D eigenvalue weighted by molar-refractivity contribution is 5.51. The lowest BCUT2D eigenvalue weighted by atomic mass is 9.97. The minimum absolute atomic E-state index is 0.742. The Morgan fingerprint density at radius 1 is 1.29 bits per heavy atom. The summed E-state index contributed by atoms with van der Waals surface area (Å²) >= 11 is 0. The molecule has 6 heteroatoms. The highest BCUT2D eigenvalue weighted by Gasteiger charge is 2.21. The van der Waals surface area contributed by atoms with Gasteiger partial charge < -0.3 is 10.2 Å². The van der Waals surface area contributed by atoms with Crippen LogP contribution in [-0.4, -0.2) is 46.8 Å². The van der Waals surface area contributed by atoms with Crippen molar-refractivity contribution in [1.82, 2.24) is 25.5 Å². The van der Waals surface area contributed by atoms with Crippen molar-refractivity contribution in [2.45, 2.75) is 19.8 Å². The molecule has 1 fully saturated rings. The molecule has 0 atom stereocenters. The van der Waals surface area contributed by atoms with E-state index in [-0.39, 0.29) is 0 Å². The predicted octanol–water partition coefficient (Wildman–Crippen LogP) is 1.61. The molecule has 1 aliphatic heterocycles. The molecule has 0 spiro atoms. The van der Waals surface area contributed by atoms with Gasteiger partial charge in [-0.2, -0.15) is 4.98 Å². The fourth-order valence-electron chi connectivity index (χ4n) is 2.81. The molecule has 3 heterocycles. The SMILES string of the molecule is CNCC1CCN(c2n[nH]c(-c3cccc(C)n3)n2)CC1. The van der Waals surface area contributed by atoms with Crippen molar-refractivity contribution in [1.29, 1.82) is 0 Å². The summed E-state index contributed by atoms with van der Waals surface area (Å²) in [6.07, 6.45) is 2.38. The quantitative estimate of drug-likeness (QED) is 0.893. The highest BCUT2D eigenvalue weighted by atomic mass is 15.4. The van der Waals surface area contributed by atoms with Gasteiger partial charge in [0.15, 0.2) is 5.82 Å². The highest BCUT2D eigenvalue weighted by Crippen LogP contribution is 2.22. The zero-order valence-corrected chi connectivity index (χ0v) is 12.6. The molecule has 0 aromatic carbocycles. The summed E-state index contributed by atoms with van der Waals surface area (Å²) in [6.45, 7) is 5.11. The maximum Gasteiger partial charge on any atom is 0.245 e. The van der Waals surface area contributed by atoms with E-state index in [1.807, 2.05) is 32.2 Å². The lowest BCUT2D eigenvalue weighted by Gasteiger charge is -2.30. The second-order valence-electron chi connectivity index (χ2n) is 5.64. The number of H-pyrrole nitrogens is 1.